The molecule has 0 fully saturated rings. The minimum absolute atomic E-state index is 0.00727. The molecule has 0 saturated carbocycles. The normalized spacial score (nSPS) is 14.2. The molecule has 1 atom stereocenters. The zero-order chi connectivity index (χ0) is 32.9. The van der Waals surface area contributed by atoms with E-state index in [-0.39, 0.29) is 30.2 Å². The van der Waals surface area contributed by atoms with Crippen molar-refractivity contribution in [2.24, 2.45) is 5.10 Å². The van der Waals surface area contributed by atoms with Crippen LogP contribution in [0.15, 0.2) is 94.5 Å². The molecular weight excluding hydrogens is 640 g/mol. The van der Waals surface area contributed by atoms with Gasteiger partial charge in [0.25, 0.3) is 11.8 Å². The Bertz CT molecular complexity index is 1890. The van der Waals surface area contributed by atoms with Gasteiger partial charge in [0, 0.05) is 23.7 Å². The molecule has 3 aromatic carbocycles. The Morgan fingerprint density at radius 2 is 1.72 bits per heavy atom. The minimum atomic E-state index is -0.399. The van der Waals surface area contributed by atoms with E-state index >= 15 is 0 Å². The second-order valence-corrected chi connectivity index (χ2v) is 12.6. The van der Waals surface area contributed by atoms with E-state index in [1.807, 2.05) is 48.7 Å². The number of benzene rings is 3. The van der Waals surface area contributed by atoms with Crippen LogP contribution in [-0.4, -0.2) is 57.3 Å². The standard InChI is InChI=1S/C34H31FN6O4S2/c1-21-6-8-22(9-7-21)29-18-28(30-5-4-14-46-30)39-41(29)32(42)20-47-34-38-37-31(40(34)25-12-10-24(35)11-13-25)19-36-33(43)23-15-26(44-2)17-27(16-23)45-3/h4-17,29H,18-20H2,1-3H3,(H,36,43). The van der Waals surface area contributed by atoms with E-state index in [2.05, 4.69) is 15.5 Å². The fourth-order valence-electron chi connectivity index (χ4n) is 5.13. The first-order chi connectivity index (χ1) is 22.8. The van der Waals surface area contributed by atoms with Gasteiger partial charge < -0.3 is 14.8 Å². The molecule has 1 aliphatic rings. The molecule has 13 heteroatoms. The number of nitrogens with one attached hydrogen (secondary N) is 1. The van der Waals surface area contributed by atoms with Gasteiger partial charge in [-0.2, -0.15) is 5.10 Å². The molecule has 1 unspecified atom stereocenters. The van der Waals surface area contributed by atoms with Gasteiger partial charge in [-0.05, 0) is 60.3 Å². The fourth-order valence-corrected chi connectivity index (χ4v) is 6.67. The van der Waals surface area contributed by atoms with Crippen LogP contribution in [0.4, 0.5) is 4.39 Å². The third kappa shape index (κ3) is 7.21. The topological polar surface area (TPSA) is 111 Å². The van der Waals surface area contributed by atoms with Crippen molar-refractivity contribution in [3.8, 4) is 17.2 Å². The first-order valence-corrected chi connectivity index (χ1v) is 16.5. The summed E-state index contributed by atoms with van der Waals surface area (Å²) < 4.78 is 26.1. The molecular formula is C34H31FN6O4S2. The predicted octanol–water partition coefficient (Wildman–Crippen LogP) is 6.19. The molecule has 47 heavy (non-hydrogen) atoms. The van der Waals surface area contributed by atoms with Crippen molar-refractivity contribution in [3.63, 3.8) is 0 Å². The summed E-state index contributed by atoms with van der Waals surface area (Å²) in [5, 5.41) is 20.3. The first kappa shape index (κ1) is 32.0. The van der Waals surface area contributed by atoms with Crippen LogP contribution in [0.2, 0.25) is 0 Å². The molecule has 5 aromatic rings. The smallest absolute Gasteiger partial charge is 0.253 e. The molecule has 2 amide bonds. The number of hydrogen-bond acceptors (Lipinski definition) is 9. The number of aromatic nitrogens is 3. The number of carbonyl (C=O) groups excluding carboxylic acids is 2. The number of nitrogens with zero attached hydrogens (tertiary/aromatic N) is 5. The van der Waals surface area contributed by atoms with E-state index < -0.39 is 5.82 Å². The molecule has 1 N–H and O–H groups in total. The maximum absolute atomic E-state index is 13.9. The highest BCUT2D eigenvalue weighted by Crippen LogP contribution is 2.35. The van der Waals surface area contributed by atoms with Gasteiger partial charge in [-0.1, -0.05) is 47.7 Å². The van der Waals surface area contributed by atoms with Crippen LogP contribution < -0.4 is 14.8 Å². The van der Waals surface area contributed by atoms with Gasteiger partial charge in [0.2, 0.25) is 0 Å². The highest BCUT2D eigenvalue weighted by Gasteiger charge is 2.33. The summed E-state index contributed by atoms with van der Waals surface area (Å²) in [4.78, 5) is 27.9. The number of hydrogen-bond donors (Lipinski definition) is 1. The Balaban J connectivity index is 1.23. The summed E-state index contributed by atoms with van der Waals surface area (Å²) in [5.41, 5.74) is 3.92. The van der Waals surface area contributed by atoms with Gasteiger partial charge in [0.1, 0.15) is 17.3 Å². The Morgan fingerprint density at radius 3 is 2.38 bits per heavy atom. The average molecular weight is 671 g/mol. The first-order valence-electron chi connectivity index (χ1n) is 14.7. The summed E-state index contributed by atoms with van der Waals surface area (Å²) in [5.74, 6) is 0.399. The molecule has 1 aliphatic heterocycles. The number of methoxy groups -OCH3 is 2. The molecule has 10 nitrogen and oxygen atoms in total. The third-order valence-electron chi connectivity index (χ3n) is 7.56. The molecule has 2 aromatic heterocycles. The number of amides is 2. The fraction of sp³-hybridized carbons (Fsp3) is 0.206. The summed E-state index contributed by atoms with van der Waals surface area (Å²) in [6.45, 7) is 2.03. The number of aryl methyl sites for hydroxylation is 1. The van der Waals surface area contributed by atoms with Crippen LogP contribution in [0.5, 0.6) is 11.5 Å². The minimum Gasteiger partial charge on any atom is -0.497 e. The van der Waals surface area contributed by atoms with Crippen LogP contribution in [0.1, 0.15) is 44.6 Å². The van der Waals surface area contributed by atoms with Crippen molar-refractivity contribution in [1.29, 1.82) is 0 Å². The van der Waals surface area contributed by atoms with Crippen molar-refractivity contribution in [2.45, 2.75) is 31.1 Å². The van der Waals surface area contributed by atoms with Crippen molar-refractivity contribution >= 4 is 40.6 Å². The van der Waals surface area contributed by atoms with E-state index in [0.717, 1.165) is 21.7 Å². The highest BCUT2D eigenvalue weighted by molar-refractivity contribution is 7.99. The van der Waals surface area contributed by atoms with E-state index in [0.29, 0.717) is 40.2 Å². The maximum atomic E-state index is 13.9. The van der Waals surface area contributed by atoms with Crippen molar-refractivity contribution in [1.82, 2.24) is 25.1 Å². The van der Waals surface area contributed by atoms with Crippen LogP contribution in [-0.2, 0) is 11.3 Å². The van der Waals surface area contributed by atoms with Gasteiger partial charge in [-0.3, -0.25) is 14.2 Å². The number of halogens is 1. The van der Waals surface area contributed by atoms with E-state index in [9.17, 15) is 14.0 Å². The largest absolute Gasteiger partial charge is 0.497 e. The van der Waals surface area contributed by atoms with E-state index in [1.165, 1.54) is 38.1 Å². The zero-order valence-electron chi connectivity index (χ0n) is 25.8. The van der Waals surface area contributed by atoms with Crippen molar-refractivity contribution in [3.05, 3.63) is 117 Å². The molecule has 6 rings (SSSR count). The second-order valence-electron chi connectivity index (χ2n) is 10.7. The monoisotopic (exact) mass is 670 g/mol. The lowest BCUT2D eigenvalue weighted by molar-refractivity contribution is -0.130. The highest BCUT2D eigenvalue weighted by atomic mass is 32.2. The maximum Gasteiger partial charge on any atom is 0.253 e. The summed E-state index contributed by atoms with van der Waals surface area (Å²) in [6.07, 6.45) is 0.606. The number of ether oxygens (including phenoxy) is 2. The molecule has 0 bridgehead atoms. The van der Waals surface area contributed by atoms with Crippen LogP contribution in [0, 0.1) is 12.7 Å². The van der Waals surface area contributed by atoms with Crippen LogP contribution in [0.3, 0.4) is 0 Å². The number of rotatable bonds is 11. The number of carbonyl (C=O) groups is 2. The number of thioether (sulfide) groups is 1. The lowest BCUT2D eigenvalue weighted by atomic mass is 10.00. The van der Waals surface area contributed by atoms with Gasteiger partial charge in [0.05, 0.1) is 43.1 Å². The lowest BCUT2D eigenvalue weighted by Gasteiger charge is -2.22. The average Bonchev–Trinajstić information content (AvgIpc) is 3.87. The van der Waals surface area contributed by atoms with E-state index in [4.69, 9.17) is 14.6 Å². The Hall–Kier alpha value is -5.01. The number of thiophene rings is 1. The summed E-state index contributed by atoms with van der Waals surface area (Å²) in [7, 11) is 3.01. The third-order valence-corrected chi connectivity index (χ3v) is 9.40. The predicted molar refractivity (Wildman–Crippen MR) is 179 cm³/mol. The Morgan fingerprint density at radius 1 is 1.00 bits per heavy atom. The van der Waals surface area contributed by atoms with Crippen LogP contribution >= 0.6 is 23.1 Å². The molecule has 0 aliphatic carbocycles. The SMILES string of the molecule is COc1cc(OC)cc(C(=O)NCc2nnc(SCC(=O)N3N=C(c4cccs4)CC3c3ccc(C)cc3)n2-c2ccc(F)cc2)c1. The molecule has 240 valence electrons. The number of hydrazone groups is 1. The van der Waals surface area contributed by atoms with Gasteiger partial charge in [-0.25, -0.2) is 9.40 Å². The molecule has 0 radical (unpaired) electrons. The Labute approximate surface area is 279 Å². The van der Waals surface area contributed by atoms with Crippen molar-refractivity contribution in [2.75, 3.05) is 20.0 Å². The van der Waals surface area contributed by atoms with Crippen LogP contribution in [0.25, 0.3) is 5.69 Å². The summed E-state index contributed by atoms with van der Waals surface area (Å²) in [6, 6.07) is 22.6. The summed E-state index contributed by atoms with van der Waals surface area (Å²) >= 11 is 2.78. The lowest BCUT2D eigenvalue weighted by Crippen LogP contribution is -2.28. The zero-order valence-corrected chi connectivity index (χ0v) is 27.5. The molecule has 0 saturated heterocycles. The Kier molecular flexibility index (Phi) is 9.64. The van der Waals surface area contributed by atoms with Gasteiger partial charge >= 0.3 is 0 Å². The molecule has 3 heterocycles. The second kappa shape index (κ2) is 14.2. The van der Waals surface area contributed by atoms with E-state index in [1.54, 1.807) is 51.2 Å². The molecule has 0 spiro atoms. The quantitative estimate of drug-likeness (QED) is 0.167. The van der Waals surface area contributed by atoms with Gasteiger partial charge in [-0.15, -0.1) is 21.5 Å². The van der Waals surface area contributed by atoms with Gasteiger partial charge in [0.15, 0.2) is 11.0 Å². The van der Waals surface area contributed by atoms with Crippen molar-refractivity contribution < 1.29 is 23.5 Å².